The Morgan fingerprint density at radius 3 is 2.64 bits per heavy atom. The van der Waals surface area contributed by atoms with E-state index in [0.29, 0.717) is 19.6 Å². The van der Waals surface area contributed by atoms with Gasteiger partial charge >= 0.3 is 12.1 Å². The predicted molar refractivity (Wildman–Crippen MR) is 108 cm³/mol. The van der Waals surface area contributed by atoms with Crippen LogP contribution in [0.25, 0.3) is 0 Å². The Balaban J connectivity index is 1.66. The number of carbonyl (C=O) groups excluding carboxylic acids is 2. The van der Waals surface area contributed by atoms with Gasteiger partial charge in [-0.3, -0.25) is 0 Å². The first-order chi connectivity index (χ1) is 13.2. The molecule has 0 spiro atoms. The predicted octanol–water partition coefficient (Wildman–Crippen LogP) is 3.73. The molecule has 1 aromatic carbocycles. The molecule has 2 heterocycles. The van der Waals surface area contributed by atoms with Crippen LogP contribution in [0, 0.1) is 5.92 Å². The van der Waals surface area contributed by atoms with Crippen molar-refractivity contribution in [3.8, 4) is 5.75 Å². The fourth-order valence-electron chi connectivity index (χ4n) is 3.96. The SMILES string of the molecule is COc1ccc2c(c1)CCN(C1CCN(C(=O)OC(C)(C)C)CC1C)C(=O)N2. The van der Waals surface area contributed by atoms with Gasteiger partial charge in [-0.1, -0.05) is 6.92 Å². The summed E-state index contributed by atoms with van der Waals surface area (Å²) in [5.74, 6) is 0.961. The maximum Gasteiger partial charge on any atom is 0.410 e. The van der Waals surface area contributed by atoms with E-state index in [1.807, 2.05) is 43.9 Å². The molecule has 3 rings (SSSR count). The van der Waals surface area contributed by atoms with Crippen LogP contribution in [0.2, 0.25) is 0 Å². The Kier molecular flexibility index (Phi) is 5.72. The lowest BCUT2D eigenvalue weighted by Gasteiger charge is -2.42. The summed E-state index contributed by atoms with van der Waals surface area (Å²) in [4.78, 5) is 28.9. The van der Waals surface area contributed by atoms with Crippen LogP contribution in [-0.2, 0) is 11.2 Å². The molecule has 1 fully saturated rings. The Morgan fingerprint density at radius 2 is 2.00 bits per heavy atom. The zero-order chi connectivity index (χ0) is 20.5. The Bertz CT molecular complexity index is 744. The molecule has 0 aliphatic carbocycles. The molecule has 0 radical (unpaired) electrons. The number of carbonyl (C=O) groups is 2. The molecule has 2 aliphatic rings. The van der Waals surface area contributed by atoms with Crippen molar-refractivity contribution in [2.45, 2.75) is 52.2 Å². The molecule has 0 saturated carbocycles. The van der Waals surface area contributed by atoms with Crippen LogP contribution in [0.15, 0.2) is 18.2 Å². The van der Waals surface area contributed by atoms with Crippen LogP contribution in [0.1, 0.15) is 39.7 Å². The van der Waals surface area contributed by atoms with E-state index in [-0.39, 0.29) is 24.1 Å². The molecule has 1 aromatic rings. The van der Waals surface area contributed by atoms with Gasteiger partial charge in [0.2, 0.25) is 0 Å². The molecular formula is C21H31N3O4. The molecule has 2 unspecified atom stereocenters. The molecule has 3 amide bonds. The number of rotatable bonds is 2. The maximum atomic E-state index is 12.9. The molecule has 7 heteroatoms. The number of anilines is 1. The lowest BCUT2D eigenvalue weighted by molar-refractivity contribution is 0.00851. The summed E-state index contributed by atoms with van der Waals surface area (Å²) >= 11 is 0. The number of fused-ring (bicyclic) bond motifs is 1. The smallest absolute Gasteiger partial charge is 0.410 e. The maximum absolute atomic E-state index is 12.9. The number of nitrogens with zero attached hydrogens (tertiary/aromatic N) is 2. The minimum absolute atomic E-state index is 0.0773. The van der Waals surface area contributed by atoms with Gasteiger partial charge in [-0.2, -0.15) is 0 Å². The number of methoxy groups -OCH3 is 1. The Labute approximate surface area is 167 Å². The van der Waals surface area contributed by atoms with E-state index in [1.165, 1.54) is 0 Å². The highest BCUT2D eigenvalue weighted by Crippen LogP contribution is 2.29. The summed E-state index contributed by atoms with van der Waals surface area (Å²) in [6.45, 7) is 9.53. The van der Waals surface area contributed by atoms with Crippen molar-refractivity contribution < 1.29 is 19.1 Å². The topological polar surface area (TPSA) is 71.1 Å². The lowest BCUT2D eigenvalue weighted by Crippen LogP contribution is -2.54. The summed E-state index contributed by atoms with van der Waals surface area (Å²) in [6, 6.07) is 5.75. The molecular weight excluding hydrogens is 358 g/mol. The summed E-state index contributed by atoms with van der Waals surface area (Å²) in [5.41, 5.74) is 1.41. The lowest BCUT2D eigenvalue weighted by atomic mass is 9.92. The average molecular weight is 389 g/mol. The minimum atomic E-state index is -0.505. The summed E-state index contributed by atoms with van der Waals surface area (Å²) in [6.07, 6.45) is 1.23. The van der Waals surface area contributed by atoms with Crippen LogP contribution < -0.4 is 10.1 Å². The first-order valence-corrected chi connectivity index (χ1v) is 9.90. The van der Waals surface area contributed by atoms with Gasteiger partial charge in [0.25, 0.3) is 0 Å². The van der Waals surface area contributed by atoms with Gasteiger partial charge in [-0.05, 0) is 63.3 Å². The Hall–Kier alpha value is -2.44. The zero-order valence-corrected chi connectivity index (χ0v) is 17.4. The summed E-state index contributed by atoms with van der Waals surface area (Å²) in [5, 5.41) is 3.03. The second-order valence-electron chi connectivity index (χ2n) is 8.66. The van der Waals surface area contributed by atoms with Crippen molar-refractivity contribution in [3.63, 3.8) is 0 Å². The molecule has 2 aliphatic heterocycles. The second-order valence-corrected chi connectivity index (χ2v) is 8.66. The molecule has 1 N–H and O–H groups in total. The van der Waals surface area contributed by atoms with Crippen molar-refractivity contribution >= 4 is 17.8 Å². The highest BCUT2D eigenvalue weighted by molar-refractivity contribution is 5.91. The molecule has 7 nitrogen and oxygen atoms in total. The summed E-state index contributed by atoms with van der Waals surface area (Å²) in [7, 11) is 1.64. The third kappa shape index (κ3) is 4.51. The zero-order valence-electron chi connectivity index (χ0n) is 17.4. The second kappa shape index (κ2) is 7.89. The number of piperidine rings is 1. The van der Waals surface area contributed by atoms with Crippen LogP contribution in [0.3, 0.4) is 0 Å². The highest BCUT2D eigenvalue weighted by atomic mass is 16.6. The fourth-order valence-corrected chi connectivity index (χ4v) is 3.96. The van der Waals surface area contributed by atoms with Crippen LogP contribution in [0.5, 0.6) is 5.75 Å². The third-order valence-corrected chi connectivity index (χ3v) is 5.35. The monoisotopic (exact) mass is 389 g/mol. The molecule has 1 saturated heterocycles. The van der Waals surface area contributed by atoms with Crippen molar-refractivity contribution in [1.29, 1.82) is 0 Å². The largest absolute Gasteiger partial charge is 0.497 e. The van der Waals surface area contributed by atoms with Gasteiger partial charge < -0.3 is 24.6 Å². The van der Waals surface area contributed by atoms with Gasteiger partial charge in [-0.15, -0.1) is 0 Å². The minimum Gasteiger partial charge on any atom is -0.497 e. The van der Waals surface area contributed by atoms with E-state index in [2.05, 4.69) is 12.2 Å². The number of nitrogens with one attached hydrogen (secondary N) is 1. The van der Waals surface area contributed by atoms with Gasteiger partial charge in [0.1, 0.15) is 11.4 Å². The first-order valence-electron chi connectivity index (χ1n) is 9.90. The van der Waals surface area contributed by atoms with E-state index in [9.17, 15) is 9.59 Å². The molecule has 2 atom stereocenters. The number of urea groups is 1. The quantitative estimate of drug-likeness (QED) is 0.837. The van der Waals surface area contributed by atoms with E-state index < -0.39 is 5.60 Å². The van der Waals surface area contributed by atoms with E-state index in [1.54, 1.807) is 12.0 Å². The van der Waals surface area contributed by atoms with Crippen molar-refractivity contribution in [2.24, 2.45) is 5.92 Å². The van der Waals surface area contributed by atoms with Gasteiger partial charge in [0.05, 0.1) is 7.11 Å². The van der Waals surface area contributed by atoms with Gasteiger partial charge in [0.15, 0.2) is 0 Å². The normalized spacial score (nSPS) is 22.8. The average Bonchev–Trinajstić information content (AvgIpc) is 2.78. The number of likely N-dealkylation sites (tertiary alicyclic amines) is 1. The molecule has 28 heavy (non-hydrogen) atoms. The number of amides is 3. The number of benzene rings is 1. The molecule has 0 bridgehead atoms. The Morgan fingerprint density at radius 1 is 1.25 bits per heavy atom. The van der Waals surface area contributed by atoms with E-state index >= 15 is 0 Å². The first kappa shape index (κ1) is 20.3. The standard InChI is InChI=1S/C21H31N3O4/c1-14-13-23(20(26)28-21(2,3)4)10-9-18(14)24-11-8-15-12-16(27-5)6-7-17(15)22-19(24)25/h6-7,12,14,18H,8-11,13H2,1-5H3,(H,22,25). The van der Waals surface area contributed by atoms with Crippen molar-refractivity contribution in [3.05, 3.63) is 23.8 Å². The number of hydrogen-bond donors (Lipinski definition) is 1. The van der Waals surface area contributed by atoms with Gasteiger partial charge in [0, 0.05) is 31.4 Å². The highest BCUT2D eigenvalue weighted by Gasteiger charge is 2.37. The van der Waals surface area contributed by atoms with Crippen molar-refractivity contribution in [1.82, 2.24) is 9.80 Å². The molecule has 154 valence electrons. The number of ether oxygens (including phenoxy) is 2. The fraction of sp³-hybridized carbons (Fsp3) is 0.619. The summed E-state index contributed by atoms with van der Waals surface area (Å²) < 4.78 is 10.8. The van der Waals surface area contributed by atoms with Crippen molar-refractivity contribution in [2.75, 3.05) is 32.1 Å². The van der Waals surface area contributed by atoms with E-state index in [4.69, 9.17) is 9.47 Å². The third-order valence-electron chi connectivity index (χ3n) is 5.35. The van der Waals surface area contributed by atoms with Gasteiger partial charge in [-0.25, -0.2) is 9.59 Å². The number of hydrogen-bond acceptors (Lipinski definition) is 4. The van der Waals surface area contributed by atoms with E-state index in [0.717, 1.165) is 29.8 Å². The molecule has 0 aromatic heterocycles. The van der Waals surface area contributed by atoms with Crippen LogP contribution in [-0.4, -0.2) is 60.3 Å². The van der Waals surface area contributed by atoms with Crippen LogP contribution >= 0.6 is 0 Å². The van der Waals surface area contributed by atoms with Crippen LogP contribution in [0.4, 0.5) is 15.3 Å².